The fourth-order valence-electron chi connectivity index (χ4n) is 1.95. The molecule has 0 aliphatic rings. The molecule has 0 aliphatic carbocycles. The second-order valence-corrected chi connectivity index (χ2v) is 5.61. The van der Waals surface area contributed by atoms with Crippen LogP contribution in [0.1, 0.15) is 18.1 Å². The van der Waals surface area contributed by atoms with Crippen molar-refractivity contribution in [3.05, 3.63) is 65.7 Å². The van der Waals surface area contributed by atoms with Gasteiger partial charge in [-0.3, -0.25) is 9.59 Å². The summed E-state index contributed by atoms with van der Waals surface area (Å²) < 4.78 is 0. The summed E-state index contributed by atoms with van der Waals surface area (Å²) in [6.45, 7) is 1.95. The largest absolute Gasteiger partial charge is 0.396 e. The average Bonchev–Trinajstić information content (AvgIpc) is 2.65. The molecule has 0 spiro atoms. The van der Waals surface area contributed by atoms with Gasteiger partial charge in [-0.05, 0) is 30.2 Å². The fourth-order valence-corrected chi connectivity index (χ4v) is 1.95. The van der Waals surface area contributed by atoms with Crippen molar-refractivity contribution in [2.45, 2.75) is 6.92 Å². The number of anilines is 1. The average molecular weight is 336 g/mol. The summed E-state index contributed by atoms with van der Waals surface area (Å²) in [4.78, 5) is 23.8. The lowest BCUT2D eigenvalue weighted by Crippen LogP contribution is -2.38. The highest BCUT2D eigenvalue weighted by Gasteiger charge is 2.15. The first kappa shape index (κ1) is 18.2. The number of para-hydroxylation sites is 1. The third-order valence-electron chi connectivity index (χ3n) is 3.42. The molecule has 0 radical (unpaired) electrons. The lowest BCUT2D eigenvalue weighted by molar-refractivity contribution is -0.136. The number of amides is 2. The zero-order valence-electron chi connectivity index (χ0n) is 14.0. The number of aliphatic hydroxyl groups excluding tert-OH is 1. The summed E-state index contributed by atoms with van der Waals surface area (Å²) in [5, 5.41) is 14.0. The summed E-state index contributed by atoms with van der Waals surface area (Å²) in [7, 11) is 0. The van der Waals surface area contributed by atoms with E-state index in [1.807, 2.05) is 36.4 Å². The van der Waals surface area contributed by atoms with Crippen molar-refractivity contribution >= 4 is 17.5 Å². The highest BCUT2D eigenvalue weighted by molar-refractivity contribution is 6.39. The number of carbonyl (C=O) groups excluding carboxylic acids is 2. The molecular formula is C20H20N2O3. The topological polar surface area (TPSA) is 78.4 Å². The van der Waals surface area contributed by atoms with Gasteiger partial charge in [0, 0.05) is 24.3 Å². The second kappa shape index (κ2) is 9.26. The van der Waals surface area contributed by atoms with E-state index >= 15 is 0 Å². The minimum Gasteiger partial charge on any atom is -0.396 e. The third-order valence-corrected chi connectivity index (χ3v) is 3.42. The molecule has 0 fully saturated rings. The molecule has 2 aromatic rings. The number of hydrogen-bond acceptors (Lipinski definition) is 3. The molecule has 0 heterocycles. The number of rotatable bonds is 4. The number of aliphatic hydroxyl groups is 1. The third kappa shape index (κ3) is 5.79. The molecule has 1 unspecified atom stereocenters. The zero-order valence-corrected chi connectivity index (χ0v) is 14.0. The Bertz CT molecular complexity index is 791. The first-order chi connectivity index (χ1) is 12.1. The molecule has 2 rings (SSSR count). The minimum atomic E-state index is -0.765. The molecule has 2 aromatic carbocycles. The van der Waals surface area contributed by atoms with Crippen LogP contribution < -0.4 is 10.6 Å². The van der Waals surface area contributed by atoms with Gasteiger partial charge in [-0.2, -0.15) is 0 Å². The maximum atomic E-state index is 12.0. The molecule has 0 bridgehead atoms. The molecule has 5 heteroatoms. The molecular weight excluding hydrogens is 316 g/mol. The Labute approximate surface area is 147 Å². The van der Waals surface area contributed by atoms with Crippen LogP contribution in [-0.4, -0.2) is 30.1 Å². The molecule has 2 amide bonds. The molecule has 3 N–H and O–H groups in total. The van der Waals surface area contributed by atoms with Crippen molar-refractivity contribution in [3.63, 3.8) is 0 Å². The summed E-state index contributed by atoms with van der Waals surface area (Å²) >= 11 is 0. The molecule has 1 atom stereocenters. The first-order valence-electron chi connectivity index (χ1n) is 7.96. The predicted molar refractivity (Wildman–Crippen MR) is 96.8 cm³/mol. The van der Waals surface area contributed by atoms with Gasteiger partial charge in [-0.1, -0.05) is 49.1 Å². The van der Waals surface area contributed by atoms with Gasteiger partial charge in [0.15, 0.2) is 0 Å². The summed E-state index contributed by atoms with van der Waals surface area (Å²) in [6, 6.07) is 16.5. The van der Waals surface area contributed by atoms with E-state index in [1.165, 1.54) is 0 Å². The van der Waals surface area contributed by atoms with Gasteiger partial charge in [0.1, 0.15) is 0 Å². The standard InChI is InChI=1S/C20H20N2O3/c1-15(14-23)13-21-19(24)20(25)22-18-10-6-5-9-17(18)12-11-16-7-3-2-4-8-16/h2-10,15,23H,13-14H2,1H3,(H,21,24)(H,22,25). The van der Waals surface area contributed by atoms with E-state index in [0.717, 1.165) is 5.56 Å². The van der Waals surface area contributed by atoms with E-state index in [0.29, 0.717) is 11.3 Å². The molecule has 0 saturated heterocycles. The van der Waals surface area contributed by atoms with Crippen LogP contribution in [0.15, 0.2) is 54.6 Å². The zero-order chi connectivity index (χ0) is 18.1. The van der Waals surface area contributed by atoms with Crippen LogP contribution in [0, 0.1) is 17.8 Å². The van der Waals surface area contributed by atoms with Crippen molar-refractivity contribution in [3.8, 4) is 11.8 Å². The van der Waals surface area contributed by atoms with E-state index < -0.39 is 11.8 Å². The maximum absolute atomic E-state index is 12.0. The van der Waals surface area contributed by atoms with Crippen LogP contribution in [-0.2, 0) is 9.59 Å². The minimum absolute atomic E-state index is 0.0557. The van der Waals surface area contributed by atoms with Crippen LogP contribution >= 0.6 is 0 Å². The lowest BCUT2D eigenvalue weighted by atomic mass is 10.1. The Balaban J connectivity index is 2.07. The van der Waals surface area contributed by atoms with Gasteiger partial charge in [0.05, 0.1) is 5.69 Å². The van der Waals surface area contributed by atoms with E-state index in [4.69, 9.17) is 5.11 Å². The number of carbonyl (C=O) groups is 2. The van der Waals surface area contributed by atoms with Crippen LogP contribution in [0.25, 0.3) is 0 Å². The Morgan fingerprint density at radius 1 is 1.00 bits per heavy atom. The highest BCUT2D eigenvalue weighted by atomic mass is 16.3. The van der Waals surface area contributed by atoms with E-state index in [-0.39, 0.29) is 19.1 Å². The fraction of sp³-hybridized carbons (Fsp3) is 0.200. The van der Waals surface area contributed by atoms with Crippen molar-refractivity contribution in [2.24, 2.45) is 5.92 Å². The molecule has 128 valence electrons. The molecule has 5 nitrogen and oxygen atoms in total. The maximum Gasteiger partial charge on any atom is 0.313 e. The first-order valence-corrected chi connectivity index (χ1v) is 7.96. The van der Waals surface area contributed by atoms with Crippen molar-refractivity contribution < 1.29 is 14.7 Å². The van der Waals surface area contributed by atoms with E-state index in [2.05, 4.69) is 22.5 Å². The van der Waals surface area contributed by atoms with E-state index in [1.54, 1.807) is 25.1 Å². The Morgan fingerprint density at radius 3 is 2.40 bits per heavy atom. The van der Waals surface area contributed by atoms with Gasteiger partial charge in [-0.25, -0.2) is 0 Å². The van der Waals surface area contributed by atoms with Gasteiger partial charge in [0.2, 0.25) is 0 Å². The molecule has 0 aromatic heterocycles. The Kier molecular flexibility index (Phi) is 6.76. The van der Waals surface area contributed by atoms with Crippen LogP contribution in [0.3, 0.4) is 0 Å². The Hall–Kier alpha value is -3.10. The number of nitrogens with one attached hydrogen (secondary N) is 2. The second-order valence-electron chi connectivity index (χ2n) is 5.61. The quantitative estimate of drug-likeness (QED) is 0.588. The van der Waals surface area contributed by atoms with Gasteiger partial charge in [0.25, 0.3) is 0 Å². The van der Waals surface area contributed by atoms with Crippen LogP contribution in [0.5, 0.6) is 0 Å². The SMILES string of the molecule is CC(CO)CNC(=O)C(=O)Nc1ccccc1C#Cc1ccccc1. The summed E-state index contributed by atoms with van der Waals surface area (Å²) in [5.41, 5.74) is 1.96. The number of benzene rings is 2. The van der Waals surface area contributed by atoms with Crippen LogP contribution in [0.2, 0.25) is 0 Å². The number of hydrogen-bond donors (Lipinski definition) is 3. The smallest absolute Gasteiger partial charge is 0.313 e. The molecule has 0 saturated carbocycles. The molecule has 25 heavy (non-hydrogen) atoms. The van der Waals surface area contributed by atoms with Crippen molar-refractivity contribution in [2.75, 3.05) is 18.5 Å². The lowest BCUT2D eigenvalue weighted by Gasteiger charge is -2.10. The highest BCUT2D eigenvalue weighted by Crippen LogP contribution is 2.14. The Morgan fingerprint density at radius 2 is 1.68 bits per heavy atom. The normalized spacial score (nSPS) is 11.0. The van der Waals surface area contributed by atoms with Crippen LogP contribution in [0.4, 0.5) is 5.69 Å². The summed E-state index contributed by atoms with van der Waals surface area (Å²) in [6.07, 6.45) is 0. The van der Waals surface area contributed by atoms with E-state index in [9.17, 15) is 9.59 Å². The predicted octanol–water partition coefficient (Wildman–Crippen LogP) is 1.77. The summed E-state index contributed by atoms with van der Waals surface area (Å²) in [5.74, 6) is 4.41. The van der Waals surface area contributed by atoms with Crippen molar-refractivity contribution in [1.29, 1.82) is 0 Å². The monoisotopic (exact) mass is 336 g/mol. The van der Waals surface area contributed by atoms with Gasteiger partial charge >= 0.3 is 11.8 Å². The molecule has 0 aliphatic heterocycles. The van der Waals surface area contributed by atoms with Gasteiger partial charge < -0.3 is 15.7 Å². The van der Waals surface area contributed by atoms with Gasteiger partial charge in [-0.15, -0.1) is 0 Å². The van der Waals surface area contributed by atoms with Crippen molar-refractivity contribution in [1.82, 2.24) is 5.32 Å².